The number of rotatable bonds is 5. The molecule has 0 atom stereocenters. The summed E-state index contributed by atoms with van der Waals surface area (Å²) in [5, 5.41) is 22.3. The highest BCUT2D eigenvalue weighted by Crippen LogP contribution is 2.21. The predicted molar refractivity (Wildman–Crippen MR) is 75.0 cm³/mol. The van der Waals surface area contributed by atoms with Gasteiger partial charge in [0.25, 0.3) is 11.6 Å². The van der Waals surface area contributed by atoms with Crippen molar-refractivity contribution in [1.82, 2.24) is 10.2 Å². The van der Waals surface area contributed by atoms with E-state index in [2.05, 4.69) is 15.5 Å². The molecule has 0 unspecified atom stereocenters. The predicted octanol–water partition coefficient (Wildman–Crippen LogP) is 2.65. The van der Waals surface area contributed by atoms with Gasteiger partial charge in [0, 0.05) is 12.5 Å². The van der Waals surface area contributed by atoms with Crippen molar-refractivity contribution in [1.29, 1.82) is 0 Å². The van der Waals surface area contributed by atoms with Gasteiger partial charge in [-0.05, 0) is 12.5 Å². The zero-order valence-electron chi connectivity index (χ0n) is 10.7. The van der Waals surface area contributed by atoms with Gasteiger partial charge in [-0.15, -0.1) is 10.2 Å². The Balaban J connectivity index is 2.17. The number of aryl methyl sites for hydroxylation is 1. The van der Waals surface area contributed by atoms with Gasteiger partial charge in [-0.1, -0.05) is 30.4 Å². The number of anilines is 1. The Labute approximate surface area is 118 Å². The molecule has 1 amide bonds. The van der Waals surface area contributed by atoms with Crippen molar-refractivity contribution in [3.05, 3.63) is 45.0 Å². The lowest BCUT2D eigenvalue weighted by molar-refractivity contribution is -0.385. The van der Waals surface area contributed by atoms with Crippen LogP contribution < -0.4 is 5.32 Å². The van der Waals surface area contributed by atoms with Gasteiger partial charge < -0.3 is 0 Å². The number of hydrogen-bond acceptors (Lipinski definition) is 6. The molecule has 0 aliphatic heterocycles. The van der Waals surface area contributed by atoms with Crippen LogP contribution in [-0.2, 0) is 6.42 Å². The second-order valence-corrected chi connectivity index (χ2v) is 5.04. The van der Waals surface area contributed by atoms with Crippen molar-refractivity contribution >= 4 is 28.1 Å². The molecule has 0 spiro atoms. The van der Waals surface area contributed by atoms with E-state index in [1.165, 1.54) is 29.5 Å². The van der Waals surface area contributed by atoms with Crippen molar-refractivity contribution in [3.8, 4) is 0 Å². The molecular weight excluding hydrogens is 280 g/mol. The molecule has 0 saturated heterocycles. The molecule has 2 aromatic rings. The average molecular weight is 292 g/mol. The van der Waals surface area contributed by atoms with Crippen molar-refractivity contribution in [2.75, 3.05) is 5.32 Å². The molecule has 104 valence electrons. The van der Waals surface area contributed by atoms with E-state index in [0.29, 0.717) is 5.13 Å². The first-order valence-corrected chi connectivity index (χ1v) is 6.80. The van der Waals surface area contributed by atoms with Crippen LogP contribution in [-0.4, -0.2) is 21.0 Å². The largest absolute Gasteiger partial charge is 0.296 e. The minimum absolute atomic E-state index is 0.00439. The van der Waals surface area contributed by atoms with Gasteiger partial charge in [0.2, 0.25) is 5.13 Å². The van der Waals surface area contributed by atoms with Crippen LogP contribution in [0.4, 0.5) is 10.8 Å². The molecule has 20 heavy (non-hydrogen) atoms. The molecule has 0 radical (unpaired) electrons. The van der Waals surface area contributed by atoms with E-state index in [9.17, 15) is 14.9 Å². The maximum atomic E-state index is 12.0. The number of nitro benzene ring substituents is 1. The highest BCUT2D eigenvalue weighted by molar-refractivity contribution is 7.15. The van der Waals surface area contributed by atoms with E-state index >= 15 is 0 Å². The van der Waals surface area contributed by atoms with Gasteiger partial charge in [0.15, 0.2) is 0 Å². The second-order valence-electron chi connectivity index (χ2n) is 3.98. The molecule has 0 bridgehead atoms. The number of nitrogens with one attached hydrogen (secondary N) is 1. The highest BCUT2D eigenvalue weighted by Gasteiger charge is 2.20. The summed E-state index contributed by atoms with van der Waals surface area (Å²) >= 11 is 1.27. The van der Waals surface area contributed by atoms with Crippen LogP contribution in [0.1, 0.15) is 28.7 Å². The molecule has 7 nitrogen and oxygen atoms in total. The molecule has 1 N–H and O–H groups in total. The Morgan fingerprint density at radius 1 is 1.40 bits per heavy atom. The maximum absolute atomic E-state index is 12.0. The van der Waals surface area contributed by atoms with Gasteiger partial charge in [-0.3, -0.25) is 20.2 Å². The van der Waals surface area contributed by atoms with Crippen molar-refractivity contribution in [2.45, 2.75) is 19.8 Å². The van der Waals surface area contributed by atoms with Crippen LogP contribution in [0.5, 0.6) is 0 Å². The molecule has 8 heteroatoms. The second kappa shape index (κ2) is 6.20. The summed E-state index contributed by atoms with van der Waals surface area (Å²) in [5.41, 5.74) is -0.229. The highest BCUT2D eigenvalue weighted by atomic mass is 32.1. The minimum Gasteiger partial charge on any atom is -0.296 e. The number of nitrogens with zero attached hydrogens (tertiary/aromatic N) is 3. The van der Waals surface area contributed by atoms with Crippen molar-refractivity contribution in [2.24, 2.45) is 0 Å². The lowest BCUT2D eigenvalue weighted by atomic mass is 10.1. The molecule has 2 rings (SSSR count). The molecule has 1 aromatic heterocycles. The maximum Gasteiger partial charge on any atom is 0.282 e. The van der Waals surface area contributed by atoms with Crippen LogP contribution in [0, 0.1) is 10.1 Å². The Morgan fingerprint density at radius 3 is 2.85 bits per heavy atom. The van der Waals surface area contributed by atoms with E-state index in [-0.39, 0.29) is 11.3 Å². The smallest absolute Gasteiger partial charge is 0.282 e. The van der Waals surface area contributed by atoms with Crippen LogP contribution >= 0.6 is 11.3 Å². The van der Waals surface area contributed by atoms with Gasteiger partial charge >= 0.3 is 0 Å². The molecular formula is C12H12N4O3S. The third-order valence-corrected chi connectivity index (χ3v) is 3.40. The van der Waals surface area contributed by atoms with Gasteiger partial charge in [0.05, 0.1) is 4.92 Å². The van der Waals surface area contributed by atoms with Gasteiger partial charge in [0.1, 0.15) is 10.6 Å². The first-order chi connectivity index (χ1) is 9.61. The number of carbonyl (C=O) groups excluding carboxylic acids is 1. The lowest BCUT2D eigenvalue weighted by Crippen LogP contribution is -2.13. The number of amides is 1. The lowest BCUT2D eigenvalue weighted by Gasteiger charge is -2.01. The number of carbonyl (C=O) groups is 1. The monoisotopic (exact) mass is 292 g/mol. The topological polar surface area (TPSA) is 98.0 Å². The van der Waals surface area contributed by atoms with Gasteiger partial charge in [-0.25, -0.2) is 0 Å². The summed E-state index contributed by atoms with van der Waals surface area (Å²) in [4.78, 5) is 22.3. The van der Waals surface area contributed by atoms with E-state index in [1.54, 1.807) is 6.07 Å². The minimum atomic E-state index is -0.586. The summed E-state index contributed by atoms with van der Waals surface area (Å²) in [7, 11) is 0. The fourth-order valence-electron chi connectivity index (χ4n) is 1.61. The van der Waals surface area contributed by atoms with Crippen molar-refractivity contribution in [3.63, 3.8) is 0 Å². The first-order valence-electron chi connectivity index (χ1n) is 5.99. The quantitative estimate of drug-likeness (QED) is 0.674. The molecule has 0 aliphatic carbocycles. The average Bonchev–Trinajstić information content (AvgIpc) is 2.86. The molecule has 1 heterocycles. The molecule has 1 aromatic carbocycles. The van der Waals surface area contributed by atoms with Crippen LogP contribution in [0.3, 0.4) is 0 Å². The number of nitro groups is 1. The van der Waals surface area contributed by atoms with Crippen molar-refractivity contribution < 1.29 is 9.72 Å². The summed E-state index contributed by atoms with van der Waals surface area (Å²) in [6.45, 7) is 2.02. The summed E-state index contributed by atoms with van der Waals surface area (Å²) < 4.78 is 0. The SMILES string of the molecule is CCCc1nnc(NC(=O)c2ccccc2[N+](=O)[O-])s1. The van der Waals surface area contributed by atoms with E-state index in [4.69, 9.17) is 0 Å². The number of hydrogen-bond donors (Lipinski definition) is 1. The van der Waals surface area contributed by atoms with E-state index < -0.39 is 10.8 Å². The molecule has 0 fully saturated rings. The Hall–Kier alpha value is -2.35. The Morgan fingerprint density at radius 2 is 2.15 bits per heavy atom. The summed E-state index contributed by atoms with van der Waals surface area (Å²) in [6, 6.07) is 5.78. The molecule has 0 saturated carbocycles. The summed E-state index contributed by atoms with van der Waals surface area (Å²) in [5.74, 6) is -0.559. The number of benzene rings is 1. The van der Waals surface area contributed by atoms with E-state index in [1.807, 2.05) is 6.92 Å². The molecule has 0 aliphatic rings. The van der Waals surface area contributed by atoms with E-state index in [0.717, 1.165) is 17.8 Å². The first kappa shape index (κ1) is 14.1. The fourth-order valence-corrected chi connectivity index (χ4v) is 2.44. The van der Waals surface area contributed by atoms with Crippen LogP contribution in [0.15, 0.2) is 24.3 Å². The Bertz CT molecular complexity index is 641. The zero-order valence-corrected chi connectivity index (χ0v) is 11.5. The normalized spacial score (nSPS) is 10.2. The van der Waals surface area contributed by atoms with Gasteiger partial charge in [-0.2, -0.15) is 0 Å². The number of aromatic nitrogens is 2. The van der Waals surface area contributed by atoms with Crippen LogP contribution in [0.25, 0.3) is 0 Å². The third kappa shape index (κ3) is 3.15. The fraction of sp³-hybridized carbons (Fsp3) is 0.250. The summed E-state index contributed by atoms with van der Waals surface area (Å²) in [6.07, 6.45) is 1.73. The standard InChI is InChI=1S/C12H12N4O3S/c1-2-5-10-14-15-12(20-10)13-11(17)8-6-3-4-7-9(8)16(18)19/h3-4,6-7H,2,5H2,1H3,(H,13,15,17). The zero-order chi connectivity index (χ0) is 14.5. The third-order valence-electron chi connectivity index (χ3n) is 2.50. The van der Waals surface area contributed by atoms with Crippen LogP contribution in [0.2, 0.25) is 0 Å². The number of para-hydroxylation sites is 1. The Kier molecular flexibility index (Phi) is 4.36.